The first-order valence-corrected chi connectivity index (χ1v) is 4.72. The first kappa shape index (κ1) is 7.87. The molecule has 0 saturated carbocycles. The highest BCUT2D eigenvalue weighted by Gasteiger charge is 1.98. The second-order valence-corrected chi connectivity index (χ2v) is 3.76. The molecule has 12 heavy (non-hydrogen) atoms. The van der Waals surface area contributed by atoms with E-state index >= 15 is 0 Å². The van der Waals surface area contributed by atoms with Crippen LogP contribution in [0.4, 0.5) is 0 Å². The van der Waals surface area contributed by atoms with Crippen molar-refractivity contribution in [3.05, 3.63) is 40.9 Å². The van der Waals surface area contributed by atoms with Crippen molar-refractivity contribution in [2.45, 2.75) is 0 Å². The Morgan fingerprint density at radius 2 is 1.58 bits per heavy atom. The van der Waals surface area contributed by atoms with E-state index in [1.165, 1.54) is 20.7 Å². The molecule has 58 valence electrons. The molecule has 0 aromatic heterocycles. The van der Waals surface area contributed by atoms with Crippen LogP contribution in [-0.4, -0.2) is 7.85 Å². The zero-order chi connectivity index (χ0) is 8.55. The highest BCUT2D eigenvalue weighted by Crippen LogP contribution is 2.21. The lowest BCUT2D eigenvalue weighted by molar-refractivity contribution is 1.74. The Labute approximate surface area is 81.1 Å². The average molecular weight is 219 g/mol. The van der Waals surface area contributed by atoms with Gasteiger partial charge in [0.15, 0.2) is 0 Å². The number of fused-ring (bicyclic) bond motifs is 1. The van der Waals surface area contributed by atoms with Crippen molar-refractivity contribution in [3.63, 3.8) is 0 Å². The fourth-order valence-electron chi connectivity index (χ4n) is 1.41. The molecule has 0 spiro atoms. The van der Waals surface area contributed by atoms with E-state index in [1.54, 1.807) is 0 Å². The summed E-state index contributed by atoms with van der Waals surface area (Å²) >= 11 is 3.53. The molecule has 0 heterocycles. The summed E-state index contributed by atoms with van der Waals surface area (Å²) in [5.41, 5.74) is 1.33. The number of rotatable bonds is 0. The van der Waals surface area contributed by atoms with Crippen molar-refractivity contribution >= 4 is 40.0 Å². The standard InChI is InChI=1S/C10H8BBr/c11-9-5-6-10(12)8-4-2-1-3-7(8)9/h1-6H,11H2. The molecule has 2 aromatic rings. The van der Waals surface area contributed by atoms with E-state index in [9.17, 15) is 0 Å². The first-order chi connectivity index (χ1) is 5.79. The molecule has 0 saturated heterocycles. The summed E-state index contributed by atoms with van der Waals surface area (Å²) in [6.45, 7) is 0. The zero-order valence-electron chi connectivity index (χ0n) is 6.84. The minimum Gasteiger partial charge on any atom is -0.0812 e. The van der Waals surface area contributed by atoms with Gasteiger partial charge in [-0.25, -0.2) is 0 Å². The van der Waals surface area contributed by atoms with E-state index in [4.69, 9.17) is 0 Å². The van der Waals surface area contributed by atoms with Gasteiger partial charge < -0.3 is 0 Å². The monoisotopic (exact) mass is 218 g/mol. The number of benzene rings is 2. The molecule has 0 N–H and O–H groups in total. The quantitative estimate of drug-likeness (QED) is 0.593. The Morgan fingerprint density at radius 3 is 2.25 bits per heavy atom. The zero-order valence-corrected chi connectivity index (χ0v) is 8.43. The van der Waals surface area contributed by atoms with Crippen LogP contribution >= 0.6 is 15.9 Å². The SMILES string of the molecule is Bc1ccc(Br)c2ccccc12. The fourth-order valence-corrected chi connectivity index (χ4v) is 1.89. The minimum absolute atomic E-state index is 1.17. The molecule has 0 unspecified atom stereocenters. The summed E-state index contributed by atoms with van der Waals surface area (Å²) in [4.78, 5) is 0. The maximum absolute atomic E-state index is 3.53. The Morgan fingerprint density at radius 1 is 0.917 bits per heavy atom. The van der Waals surface area contributed by atoms with Crippen LogP contribution in [0.3, 0.4) is 0 Å². The normalized spacial score (nSPS) is 10.4. The highest BCUT2D eigenvalue weighted by molar-refractivity contribution is 9.10. The number of hydrogen-bond donors (Lipinski definition) is 0. The van der Waals surface area contributed by atoms with E-state index < -0.39 is 0 Å². The van der Waals surface area contributed by atoms with Gasteiger partial charge in [0.25, 0.3) is 0 Å². The lowest BCUT2D eigenvalue weighted by atomic mass is 9.90. The van der Waals surface area contributed by atoms with Crippen molar-refractivity contribution in [1.29, 1.82) is 0 Å². The summed E-state index contributed by atoms with van der Waals surface area (Å²) in [6, 6.07) is 12.6. The van der Waals surface area contributed by atoms with Crippen LogP contribution in [0.25, 0.3) is 10.8 Å². The fraction of sp³-hybridized carbons (Fsp3) is 0. The molecule has 0 atom stereocenters. The Kier molecular flexibility index (Phi) is 1.93. The predicted octanol–water partition coefficient (Wildman–Crippen LogP) is 1.86. The van der Waals surface area contributed by atoms with Crippen LogP contribution in [0.5, 0.6) is 0 Å². The van der Waals surface area contributed by atoms with Crippen LogP contribution in [0.1, 0.15) is 0 Å². The summed E-state index contributed by atoms with van der Waals surface area (Å²) in [5.74, 6) is 0. The van der Waals surface area contributed by atoms with E-state index in [-0.39, 0.29) is 0 Å². The molecule has 0 radical (unpaired) electrons. The molecule has 0 aliphatic rings. The third kappa shape index (κ3) is 1.16. The Balaban J connectivity index is 2.95. The van der Waals surface area contributed by atoms with E-state index in [0.717, 1.165) is 0 Å². The Hall–Kier alpha value is -0.755. The van der Waals surface area contributed by atoms with Gasteiger partial charge in [0.05, 0.1) is 0 Å². The second kappa shape index (κ2) is 2.94. The lowest BCUT2D eigenvalue weighted by Gasteiger charge is -2.02. The molecule has 0 aliphatic carbocycles. The molecule has 0 bridgehead atoms. The summed E-state index contributed by atoms with van der Waals surface area (Å²) in [7, 11) is 2.13. The topological polar surface area (TPSA) is 0 Å². The molecule has 0 aliphatic heterocycles. The molecule has 2 rings (SSSR count). The van der Waals surface area contributed by atoms with Crippen LogP contribution in [0.15, 0.2) is 40.9 Å². The van der Waals surface area contributed by atoms with E-state index in [2.05, 4.69) is 60.2 Å². The molecule has 0 nitrogen and oxygen atoms in total. The highest BCUT2D eigenvalue weighted by atomic mass is 79.9. The predicted molar refractivity (Wildman–Crippen MR) is 59.8 cm³/mol. The van der Waals surface area contributed by atoms with Gasteiger partial charge in [-0.1, -0.05) is 51.7 Å². The first-order valence-electron chi connectivity index (χ1n) is 3.93. The van der Waals surface area contributed by atoms with Crippen molar-refractivity contribution < 1.29 is 0 Å². The van der Waals surface area contributed by atoms with Gasteiger partial charge in [-0.15, -0.1) is 0 Å². The number of hydrogen-bond acceptors (Lipinski definition) is 0. The minimum atomic E-state index is 1.17. The van der Waals surface area contributed by atoms with Crippen molar-refractivity contribution in [1.82, 2.24) is 0 Å². The molecular weight excluding hydrogens is 211 g/mol. The Bertz CT molecular complexity index is 383. The van der Waals surface area contributed by atoms with Crippen molar-refractivity contribution in [2.75, 3.05) is 0 Å². The van der Waals surface area contributed by atoms with E-state index in [1.807, 2.05) is 0 Å². The van der Waals surface area contributed by atoms with Crippen molar-refractivity contribution in [3.8, 4) is 0 Å². The van der Waals surface area contributed by atoms with Gasteiger partial charge in [-0.2, -0.15) is 0 Å². The largest absolute Gasteiger partial charge is 0.140 e. The lowest BCUT2D eigenvalue weighted by Crippen LogP contribution is -2.02. The maximum atomic E-state index is 3.53. The second-order valence-electron chi connectivity index (χ2n) is 2.91. The molecular formula is C10H8BBr. The van der Waals surface area contributed by atoms with E-state index in [0.29, 0.717) is 0 Å². The molecule has 2 aromatic carbocycles. The molecule has 0 amide bonds. The summed E-state index contributed by atoms with van der Waals surface area (Å²) in [5, 5.41) is 2.62. The van der Waals surface area contributed by atoms with Gasteiger partial charge in [0, 0.05) is 4.47 Å². The smallest absolute Gasteiger partial charge is 0.0812 e. The van der Waals surface area contributed by atoms with Crippen LogP contribution in [-0.2, 0) is 0 Å². The van der Waals surface area contributed by atoms with Crippen LogP contribution in [0.2, 0.25) is 0 Å². The number of halogens is 1. The summed E-state index contributed by atoms with van der Waals surface area (Å²) < 4.78 is 1.17. The maximum Gasteiger partial charge on any atom is 0.140 e. The van der Waals surface area contributed by atoms with Gasteiger partial charge in [0.1, 0.15) is 7.85 Å². The molecule has 2 heteroatoms. The van der Waals surface area contributed by atoms with Gasteiger partial charge in [0.2, 0.25) is 0 Å². The van der Waals surface area contributed by atoms with Crippen molar-refractivity contribution in [2.24, 2.45) is 0 Å². The summed E-state index contributed by atoms with van der Waals surface area (Å²) in [6.07, 6.45) is 0. The van der Waals surface area contributed by atoms with Crippen LogP contribution < -0.4 is 5.46 Å². The van der Waals surface area contributed by atoms with Gasteiger partial charge >= 0.3 is 0 Å². The van der Waals surface area contributed by atoms with Gasteiger partial charge in [-0.05, 0) is 16.8 Å². The molecule has 0 fully saturated rings. The van der Waals surface area contributed by atoms with Crippen LogP contribution in [0, 0.1) is 0 Å². The third-order valence-corrected chi connectivity index (χ3v) is 2.78. The van der Waals surface area contributed by atoms with Gasteiger partial charge in [-0.3, -0.25) is 0 Å². The average Bonchev–Trinajstić information content (AvgIpc) is 2.12. The third-order valence-electron chi connectivity index (χ3n) is 2.09.